The summed E-state index contributed by atoms with van der Waals surface area (Å²) in [6, 6.07) is 0. The number of esters is 3. The van der Waals surface area contributed by atoms with Crippen LogP contribution in [0.1, 0.15) is 38.5 Å². The summed E-state index contributed by atoms with van der Waals surface area (Å²) in [6.45, 7) is -1.55. The van der Waals surface area contributed by atoms with Crippen molar-refractivity contribution in [3.63, 3.8) is 0 Å². The first kappa shape index (κ1) is 24.8. The molecule has 0 aromatic heterocycles. The SMILES string of the molecule is O=C(O)CCC(=O)OCN(COC(=O)CCC(=O)O)COC(=O)CCC(=O)O. The van der Waals surface area contributed by atoms with Crippen molar-refractivity contribution in [3.05, 3.63) is 0 Å². The number of carbonyl (C=O) groups excluding carboxylic acids is 3. The summed E-state index contributed by atoms with van der Waals surface area (Å²) >= 11 is 0. The molecule has 0 amide bonds. The zero-order chi connectivity index (χ0) is 21.5. The van der Waals surface area contributed by atoms with E-state index in [9.17, 15) is 28.8 Å². The van der Waals surface area contributed by atoms with Crippen LogP contribution in [0, 0.1) is 0 Å². The summed E-state index contributed by atoms with van der Waals surface area (Å²) in [6.07, 6.45) is -2.56. The van der Waals surface area contributed by atoms with Gasteiger partial charge in [0.05, 0.1) is 38.5 Å². The second-order valence-electron chi connectivity index (χ2n) is 5.29. The van der Waals surface area contributed by atoms with Gasteiger partial charge in [-0.15, -0.1) is 0 Å². The number of carboxylic acid groups (broad SMARTS) is 3. The molecule has 0 heterocycles. The smallest absolute Gasteiger partial charge is 0.307 e. The highest BCUT2D eigenvalue weighted by Crippen LogP contribution is 2.01. The number of carbonyl (C=O) groups is 6. The van der Waals surface area contributed by atoms with Gasteiger partial charge in [-0.05, 0) is 0 Å². The molecule has 0 spiro atoms. The standard InChI is InChI=1S/C15H21NO12/c17-10(18)1-4-13(23)26-7-16(8-27-14(24)5-2-11(19)20)9-28-15(25)6-3-12(21)22/h1-9H2,(H,17,18)(H,19,20)(H,21,22). The molecule has 0 saturated heterocycles. The molecule has 158 valence electrons. The van der Waals surface area contributed by atoms with Crippen molar-refractivity contribution < 1.29 is 58.3 Å². The van der Waals surface area contributed by atoms with Crippen molar-refractivity contribution in [2.75, 3.05) is 20.2 Å². The molecule has 28 heavy (non-hydrogen) atoms. The van der Waals surface area contributed by atoms with Crippen molar-refractivity contribution in [1.29, 1.82) is 0 Å². The average molecular weight is 407 g/mol. The zero-order valence-corrected chi connectivity index (χ0v) is 14.8. The second-order valence-corrected chi connectivity index (χ2v) is 5.29. The largest absolute Gasteiger partial charge is 0.481 e. The minimum atomic E-state index is -1.20. The van der Waals surface area contributed by atoms with E-state index in [0.717, 1.165) is 4.90 Å². The molecule has 0 aliphatic carbocycles. The molecule has 0 aliphatic heterocycles. The van der Waals surface area contributed by atoms with Gasteiger partial charge in [-0.3, -0.25) is 28.8 Å². The summed E-state index contributed by atoms with van der Waals surface area (Å²) in [4.78, 5) is 66.5. The van der Waals surface area contributed by atoms with E-state index in [2.05, 4.69) is 0 Å². The maximum Gasteiger partial charge on any atom is 0.307 e. The molecule has 0 fully saturated rings. The summed E-state index contributed by atoms with van der Waals surface area (Å²) in [5, 5.41) is 25.5. The monoisotopic (exact) mass is 407 g/mol. The van der Waals surface area contributed by atoms with Crippen LogP contribution < -0.4 is 0 Å². The Labute approximate surface area is 158 Å². The third-order valence-corrected chi connectivity index (χ3v) is 2.85. The molecule has 0 radical (unpaired) electrons. The summed E-state index contributed by atoms with van der Waals surface area (Å²) < 4.78 is 14.3. The Morgan fingerprint density at radius 3 is 0.964 bits per heavy atom. The van der Waals surface area contributed by atoms with E-state index in [1.807, 2.05) is 0 Å². The van der Waals surface area contributed by atoms with E-state index in [1.165, 1.54) is 0 Å². The fraction of sp³-hybridized carbons (Fsp3) is 0.600. The molecule has 3 N–H and O–H groups in total. The Bertz CT molecular complexity index is 507. The molecule has 0 aliphatic rings. The fourth-order valence-corrected chi connectivity index (χ4v) is 1.45. The average Bonchev–Trinajstić information content (AvgIpc) is 2.62. The van der Waals surface area contributed by atoms with Gasteiger partial charge in [-0.25, -0.2) is 4.90 Å². The Morgan fingerprint density at radius 2 is 0.750 bits per heavy atom. The topological polar surface area (TPSA) is 194 Å². The normalized spacial score (nSPS) is 10.2. The first-order valence-electron chi connectivity index (χ1n) is 7.94. The van der Waals surface area contributed by atoms with Crippen LogP contribution in [-0.4, -0.2) is 76.2 Å². The number of nitrogens with zero attached hydrogens (tertiary/aromatic N) is 1. The third kappa shape index (κ3) is 15.1. The minimum absolute atomic E-state index is 0.403. The number of rotatable bonds is 15. The maximum atomic E-state index is 11.4. The van der Waals surface area contributed by atoms with Crippen LogP contribution in [0.25, 0.3) is 0 Å². The van der Waals surface area contributed by atoms with Crippen LogP contribution in [0.3, 0.4) is 0 Å². The van der Waals surface area contributed by atoms with Gasteiger partial charge < -0.3 is 29.5 Å². The van der Waals surface area contributed by atoms with Crippen molar-refractivity contribution in [3.8, 4) is 0 Å². The molecule has 0 aromatic rings. The number of hydrogen-bond acceptors (Lipinski definition) is 10. The Morgan fingerprint density at radius 1 is 0.500 bits per heavy atom. The first-order chi connectivity index (χ1) is 13.1. The lowest BCUT2D eigenvalue weighted by molar-refractivity contribution is -0.170. The second kappa shape index (κ2) is 13.9. The van der Waals surface area contributed by atoms with Gasteiger partial charge in [-0.2, -0.15) is 0 Å². The van der Waals surface area contributed by atoms with E-state index in [4.69, 9.17) is 29.5 Å². The van der Waals surface area contributed by atoms with Crippen LogP contribution in [0.5, 0.6) is 0 Å². The van der Waals surface area contributed by atoms with E-state index in [0.29, 0.717) is 0 Å². The van der Waals surface area contributed by atoms with E-state index < -0.39 is 94.5 Å². The molecular weight excluding hydrogens is 386 g/mol. The van der Waals surface area contributed by atoms with Crippen LogP contribution in [-0.2, 0) is 43.0 Å². The quantitative estimate of drug-likeness (QED) is 0.177. The summed E-state index contributed by atoms with van der Waals surface area (Å²) in [5.74, 6) is -6.18. The number of ether oxygens (including phenoxy) is 3. The third-order valence-electron chi connectivity index (χ3n) is 2.85. The Balaban J connectivity index is 4.50. The van der Waals surface area contributed by atoms with Crippen molar-refractivity contribution in [1.82, 2.24) is 4.90 Å². The minimum Gasteiger partial charge on any atom is -0.481 e. The molecule has 13 nitrogen and oxygen atoms in total. The van der Waals surface area contributed by atoms with Crippen LogP contribution in [0.15, 0.2) is 0 Å². The van der Waals surface area contributed by atoms with Gasteiger partial charge in [0.15, 0.2) is 0 Å². The lowest BCUT2D eigenvalue weighted by Gasteiger charge is -2.21. The molecule has 0 aromatic carbocycles. The Hall–Kier alpha value is -3.22. The van der Waals surface area contributed by atoms with Gasteiger partial charge in [-0.1, -0.05) is 0 Å². The predicted molar refractivity (Wildman–Crippen MR) is 85.3 cm³/mol. The molecular formula is C15H21NO12. The molecule has 0 unspecified atom stereocenters. The predicted octanol–water partition coefficient (Wildman–Crippen LogP) is -0.615. The Kier molecular flexibility index (Phi) is 12.3. The number of hydrogen-bond donors (Lipinski definition) is 3. The van der Waals surface area contributed by atoms with Crippen molar-refractivity contribution in [2.24, 2.45) is 0 Å². The van der Waals surface area contributed by atoms with Gasteiger partial charge in [0.25, 0.3) is 0 Å². The molecule has 13 heteroatoms. The van der Waals surface area contributed by atoms with Crippen LogP contribution >= 0.6 is 0 Å². The van der Waals surface area contributed by atoms with Gasteiger partial charge >= 0.3 is 35.8 Å². The molecule has 0 bridgehead atoms. The lowest BCUT2D eigenvalue weighted by Crippen LogP contribution is -2.34. The number of aliphatic carboxylic acids is 3. The van der Waals surface area contributed by atoms with E-state index in [-0.39, 0.29) is 0 Å². The number of carboxylic acids is 3. The van der Waals surface area contributed by atoms with Gasteiger partial charge in [0.1, 0.15) is 20.2 Å². The molecule has 0 saturated carbocycles. The summed E-state index contributed by atoms with van der Waals surface area (Å²) in [5.41, 5.74) is 0. The van der Waals surface area contributed by atoms with Crippen LogP contribution in [0.4, 0.5) is 0 Å². The zero-order valence-electron chi connectivity index (χ0n) is 14.8. The molecule has 0 atom stereocenters. The van der Waals surface area contributed by atoms with Crippen molar-refractivity contribution in [2.45, 2.75) is 38.5 Å². The van der Waals surface area contributed by atoms with Crippen LogP contribution in [0.2, 0.25) is 0 Å². The fourth-order valence-electron chi connectivity index (χ4n) is 1.45. The maximum absolute atomic E-state index is 11.4. The summed E-state index contributed by atoms with van der Waals surface area (Å²) in [7, 11) is 0. The van der Waals surface area contributed by atoms with E-state index in [1.54, 1.807) is 0 Å². The highest BCUT2D eigenvalue weighted by Gasteiger charge is 2.16. The highest BCUT2D eigenvalue weighted by molar-refractivity contribution is 5.77. The van der Waals surface area contributed by atoms with Gasteiger partial charge in [0.2, 0.25) is 0 Å². The van der Waals surface area contributed by atoms with E-state index >= 15 is 0 Å². The molecule has 0 rings (SSSR count). The first-order valence-corrected chi connectivity index (χ1v) is 7.94. The van der Waals surface area contributed by atoms with Gasteiger partial charge in [0, 0.05) is 0 Å². The highest BCUT2D eigenvalue weighted by atomic mass is 16.6. The lowest BCUT2D eigenvalue weighted by atomic mass is 10.3. The van der Waals surface area contributed by atoms with Crippen molar-refractivity contribution >= 4 is 35.8 Å².